The van der Waals surface area contributed by atoms with E-state index in [4.69, 9.17) is 13.9 Å². The average Bonchev–Trinajstić information content (AvgIpc) is 3.25. The maximum absolute atomic E-state index is 5.75. The minimum absolute atomic E-state index is 0.526. The van der Waals surface area contributed by atoms with Crippen LogP contribution in [0.1, 0.15) is 11.3 Å². The van der Waals surface area contributed by atoms with Crippen LogP contribution in [0.2, 0.25) is 0 Å². The van der Waals surface area contributed by atoms with Crippen LogP contribution < -0.4 is 20.1 Å². The average molecular weight is 380 g/mol. The van der Waals surface area contributed by atoms with Crippen LogP contribution in [0.15, 0.2) is 70.4 Å². The molecule has 0 atom stereocenters. The zero-order chi connectivity index (χ0) is 19.6. The number of benzene rings is 1. The van der Waals surface area contributed by atoms with Crippen LogP contribution in [0, 0.1) is 0 Å². The molecule has 0 spiro atoms. The Balaban J connectivity index is 1.46. The van der Waals surface area contributed by atoms with E-state index in [0.717, 1.165) is 36.0 Å². The number of nitrogens with one attached hydrogen (secondary N) is 2. The Morgan fingerprint density at radius 3 is 2.71 bits per heavy atom. The largest absolute Gasteiger partial charge is 0.497 e. The summed E-state index contributed by atoms with van der Waals surface area (Å²) in [5.74, 6) is 3.61. The molecule has 7 heteroatoms. The van der Waals surface area contributed by atoms with Crippen LogP contribution in [0.3, 0.4) is 0 Å². The van der Waals surface area contributed by atoms with Gasteiger partial charge in [-0.2, -0.15) is 0 Å². The van der Waals surface area contributed by atoms with Gasteiger partial charge in [-0.3, -0.25) is 4.99 Å². The van der Waals surface area contributed by atoms with Gasteiger partial charge in [-0.25, -0.2) is 4.98 Å². The Bertz CT molecular complexity index is 877. The van der Waals surface area contributed by atoms with E-state index < -0.39 is 0 Å². The fourth-order valence-electron chi connectivity index (χ4n) is 2.53. The van der Waals surface area contributed by atoms with Crippen LogP contribution in [0.25, 0.3) is 0 Å². The molecule has 0 aliphatic heterocycles. The fraction of sp³-hybridized carbons (Fsp3) is 0.238. The number of ether oxygens (including phenoxy) is 2. The Kier molecular flexibility index (Phi) is 6.89. The highest BCUT2D eigenvalue weighted by molar-refractivity contribution is 5.79. The predicted octanol–water partition coefficient (Wildman–Crippen LogP) is 3.38. The number of aliphatic imine (C=N–C) groups is 1. The van der Waals surface area contributed by atoms with Crippen molar-refractivity contribution >= 4 is 5.96 Å². The molecule has 0 aliphatic carbocycles. The van der Waals surface area contributed by atoms with Gasteiger partial charge >= 0.3 is 0 Å². The maximum atomic E-state index is 5.75. The zero-order valence-electron chi connectivity index (χ0n) is 16.0. The first-order valence-corrected chi connectivity index (χ1v) is 9.00. The summed E-state index contributed by atoms with van der Waals surface area (Å²) in [5.41, 5.74) is 1.02. The van der Waals surface area contributed by atoms with Gasteiger partial charge in [0.05, 0.1) is 13.4 Å². The number of furan rings is 1. The highest BCUT2D eigenvalue weighted by Crippen LogP contribution is 2.23. The second-order valence-electron chi connectivity index (χ2n) is 5.97. The lowest BCUT2D eigenvalue weighted by atomic mass is 10.3. The molecule has 28 heavy (non-hydrogen) atoms. The van der Waals surface area contributed by atoms with Crippen molar-refractivity contribution in [2.75, 3.05) is 20.7 Å². The molecule has 0 saturated heterocycles. The smallest absolute Gasteiger partial charge is 0.219 e. The molecule has 0 radical (unpaired) electrons. The third-order valence-corrected chi connectivity index (χ3v) is 3.99. The quantitative estimate of drug-likeness (QED) is 0.461. The Morgan fingerprint density at radius 1 is 1.11 bits per heavy atom. The molecule has 0 amide bonds. The molecule has 3 rings (SSSR count). The third kappa shape index (κ3) is 5.77. The molecule has 146 valence electrons. The SMILES string of the molecule is CN=C(NCCc1ccco1)NCc1ccc(Oc2cccc(OC)c2)nc1. The molecular weight excluding hydrogens is 356 g/mol. The number of hydrogen-bond acceptors (Lipinski definition) is 5. The number of pyridine rings is 1. The number of nitrogens with zero attached hydrogens (tertiary/aromatic N) is 2. The molecule has 2 aromatic heterocycles. The van der Waals surface area contributed by atoms with E-state index in [0.29, 0.717) is 18.2 Å². The first-order valence-electron chi connectivity index (χ1n) is 9.00. The van der Waals surface area contributed by atoms with Crippen molar-refractivity contribution in [3.05, 3.63) is 72.3 Å². The molecule has 0 saturated carbocycles. The third-order valence-electron chi connectivity index (χ3n) is 3.99. The van der Waals surface area contributed by atoms with Gasteiger partial charge in [-0.15, -0.1) is 0 Å². The van der Waals surface area contributed by atoms with Crippen LogP contribution in [-0.4, -0.2) is 31.6 Å². The topological polar surface area (TPSA) is 80.9 Å². The standard InChI is InChI=1S/C21H24N4O3/c1-22-21(23-11-10-17-7-4-12-27-17)25-15-16-8-9-20(24-14-16)28-19-6-3-5-18(13-19)26-2/h3-9,12-14H,10-11,15H2,1-2H3,(H2,22,23,25). The van der Waals surface area contributed by atoms with Crippen molar-refractivity contribution in [2.45, 2.75) is 13.0 Å². The molecule has 1 aromatic carbocycles. The molecule has 0 aliphatic rings. The lowest BCUT2D eigenvalue weighted by Crippen LogP contribution is -2.37. The van der Waals surface area contributed by atoms with E-state index >= 15 is 0 Å². The predicted molar refractivity (Wildman–Crippen MR) is 108 cm³/mol. The Labute approximate surface area is 164 Å². The zero-order valence-corrected chi connectivity index (χ0v) is 16.0. The van der Waals surface area contributed by atoms with E-state index in [1.165, 1.54) is 0 Å². The van der Waals surface area contributed by atoms with Gasteiger partial charge in [-0.05, 0) is 29.8 Å². The van der Waals surface area contributed by atoms with E-state index in [1.54, 1.807) is 26.6 Å². The Hall–Kier alpha value is -3.48. The summed E-state index contributed by atoms with van der Waals surface area (Å²) in [4.78, 5) is 8.57. The van der Waals surface area contributed by atoms with Gasteiger partial charge in [0.2, 0.25) is 5.88 Å². The van der Waals surface area contributed by atoms with Crippen molar-refractivity contribution in [2.24, 2.45) is 4.99 Å². The summed E-state index contributed by atoms with van der Waals surface area (Å²) in [6.07, 6.45) is 4.25. The summed E-state index contributed by atoms with van der Waals surface area (Å²) in [6.45, 7) is 1.34. The lowest BCUT2D eigenvalue weighted by Gasteiger charge is -2.12. The molecule has 7 nitrogen and oxygen atoms in total. The molecular formula is C21H24N4O3. The number of rotatable bonds is 8. The first-order chi connectivity index (χ1) is 13.8. The molecule has 0 fully saturated rings. The second-order valence-corrected chi connectivity index (χ2v) is 5.97. The normalized spacial score (nSPS) is 11.1. The Morgan fingerprint density at radius 2 is 2.00 bits per heavy atom. The molecule has 0 unspecified atom stereocenters. The van der Waals surface area contributed by atoms with Gasteiger partial charge in [-0.1, -0.05) is 12.1 Å². The van der Waals surface area contributed by atoms with Crippen LogP contribution in [0.5, 0.6) is 17.4 Å². The summed E-state index contributed by atoms with van der Waals surface area (Å²) in [6, 6.07) is 15.1. The summed E-state index contributed by atoms with van der Waals surface area (Å²) < 4.78 is 16.3. The van der Waals surface area contributed by atoms with Crippen molar-refractivity contribution in [3.63, 3.8) is 0 Å². The minimum Gasteiger partial charge on any atom is -0.497 e. The second kappa shape index (κ2) is 10.0. The van der Waals surface area contributed by atoms with Crippen molar-refractivity contribution in [1.29, 1.82) is 0 Å². The molecule has 3 aromatic rings. The van der Waals surface area contributed by atoms with E-state index in [9.17, 15) is 0 Å². The summed E-state index contributed by atoms with van der Waals surface area (Å²) in [5, 5.41) is 6.52. The van der Waals surface area contributed by atoms with Crippen molar-refractivity contribution < 1.29 is 13.9 Å². The highest BCUT2D eigenvalue weighted by atomic mass is 16.5. The van der Waals surface area contributed by atoms with Crippen molar-refractivity contribution in [1.82, 2.24) is 15.6 Å². The van der Waals surface area contributed by atoms with Gasteiger partial charge in [0.25, 0.3) is 0 Å². The number of guanidine groups is 1. The van der Waals surface area contributed by atoms with Crippen molar-refractivity contribution in [3.8, 4) is 17.4 Å². The van der Waals surface area contributed by atoms with Gasteiger partial charge < -0.3 is 24.5 Å². The first kappa shape index (κ1) is 19.3. The summed E-state index contributed by atoms with van der Waals surface area (Å²) >= 11 is 0. The van der Waals surface area contributed by atoms with Crippen LogP contribution in [-0.2, 0) is 13.0 Å². The highest BCUT2D eigenvalue weighted by Gasteiger charge is 2.03. The molecule has 0 bridgehead atoms. The number of aromatic nitrogens is 1. The van der Waals surface area contributed by atoms with Crippen LogP contribution >= 0.6 is 0 Å². The van der Waals surface area contributed by atoms with Gasteiger partial charge in [0.15, 0.2) is 5.96 Å². The molecule has 2 heterocycles. The van der Waals surface area contributed by atoms with E-state index in [-0.39, 0.29) is 0 Å². The minimum atomic E-state index is 0.526. The maximum Gasteiger partial charge on any atom is 0.219 e. The van der Waals surface area contributed by atoms with Crippen LogP contribution in [0.4, 0.5) is 0 Å². The van der Waals surface area contributed by atoms with E-state index in [1.807, 2.05) is 48.5 Å². The monoisotopic (exact) mass is 380 g/mol. The number of methoxy groups -OCH3 is 1. The lowest BCUT2D eigenvalue weighted by molar-refractivity contribution is 0.407. The van der Waals surface area contributed by atoms with E-state index in [2.05, 4.69) is 20.6 Å². The summed E-state index contributed by atoms with van der Waals surface area (Å²) in [7, 11) is 3.37. The van der Waals surface area contributed by atoms with Gasteiger partial charge in [0.1, 0.15) is 17.3 Å². The number of hydrogen-bond donors (Lipinski definition) is 2. The molecule has 2 N–H and O–H groups in total. The van der Waals surface area contributed by atoms with Gasteiger partial charge in [0, 0.05) is 44.9 Å². The fourth-order valence-corrected chi connectivity index (χ4v) is 2.53.